The molecular weight excluding hydrogens is 238 g/mol. The van der Waals surface area contributed by atoms with Crippen molar-refractivity contribution in [3.63, 3.8) is 0 Å². The molecule has 17 heavy (non-hydrogen) atoms. The van der Waals surface area contributed by atoms with Crippen LogP contribution in [0.15, 0.2) is 42.6 Å². The summed E-state index contributed by atoms with van der Waals surface area (Å²) < 4.78 is 1.67. The number of hydrogen-bond donors (Lipinski definition) is 2. The van der Waals surface area contributed by atoms with Crippen LogP contribution in [0.2, 0.25) is 5.02 Å². The van der Waals surface area contributed by atoms with Gasteiger partial charge in [0.15, 0.2) is 0 Å². The summed E-state index contributed by atoms with van der Waals surface area (Å²) in [6.07, 6.45) is 1.68. The lowest BCUT2D eigenvalue weighted by atomic mass is 10.3. The third kappa shape index (κ3) is 2.79. The molecule has 0 spiro atoms. The van der Waals surface area contributed by atoms with Crippen molar-refractivity contribution < 1.29 is 4.79 Å². The van der Waals surface area contributed by atoms with E-state index in [1.54, 1.807) is 23.9 Å². The van der Waals surface area contributed by atoms with Crippen LogP contribution < -0.4 is 10.9 Å². The molecule has 1 heterocycles. The summed E-state index contributed by atoms with van der Waals surface area (Å²) in [5, 5.41) is 0.539. The van der Waals surface area contributed by atoms with Crippen LogP contribution in [0, 0.1) is 0 Å². The van der Waals surface area contributed by atoms with Gasteiger partial charge in [0.05, 0.1) is 10.7 Å². The molecule has 0 aliphatic rings. The number of nitrogens with zero attached hydrogens (tertiary/aromatic N) is 1. The Morgan fingerprint density at radius 2 is 2.00 bits per heavy atom. The second-order valence-electron chi connectivity index (χ2n) is 3.60. The number of hydrazine groups is 1. The van der Waals surface area contributed by atoms with Gasteiger partial charge in [-0.3, -0.25) is 15.6 Å². The maximum absolute atomic E-state index is 11.8. The Bertz CT molecular complexity index is 522. The second-order valence-corrected chi connectivity index (χ2v) is 4.04. The Morgan fingerprint density at radius 3 is 2.59 bits per heavy atom. The first-order chi connectivity index (χ1) is 8.16. The molecule has 4 nitrogen and oxygen atoms in total. The zero-order chi connectivity index (χ0) is 12.3. The van der Waals surface area contributed by atoms with Crippen molar-refractivity contribution in [3.8, 4) is 0 Å². The van der Waals surface area contributed by atoms with E-state index in [2.05, 4.69) is 10.9 Å². The van der Waals surface area contributed by atoms with Crippen LogP contribution in [0.3, 0.4) is 0 Å². The Kier molecular flexibility index (Phi) is 3.35. The summed E-state index contributed by atoms with van der Waals surface area (Å²) in [7, 11) is 1.77. The minimum absolute atomic E-state index is 0.233. The molecule has 0 fully saturated rings. The number of hydrogen-bond acceptors (Lipinski definition) is 2. The number of nitrogens with one attached hydrogen (secondary N) is 2. The Labute approximate surface area is 104 Å². The minimum atomic E-state index is -0.233. The fourth-order valence-corrected chi connectivity index (χ4v) is 1.71. The number of aromatic nitrogens is 1. The van der Waals surface area contributed by atoms with Crippen LogP contribution in [0.1, 0.15) is 10.5 Å². The quantitative estimate of drug-likeness (QED) is 0.821. The fourth-order valence-electron chi connectivity index (χ4n) is 1.46. The molecule has 2 N–H and O–H groups in total. The SMILES string of the molecule is Cn1cc(Cl)cc1C(=O)NNc1ccccc1. The molecule has 0 aliphatic carbocycles. The van der Waals surface area contributed by atoms with Crippen LogP contribution in [0.5, 0.6) is 0 Å². The van der Waals surface area contributed by atoms with Gasteiger partial charge in [0.2, 0.25) is 0 Å². The summed E-state index contributed by atoms with van der Waals surface area (Å²) in [5.41, 5.74) is 6.74. The molecule has 1 aromatic heterocycles. The molecular formula is C12H12ClN3O. The molecule has 0 unspecified atom stereocenters. The van der Waals surface area contributed by atoms with Crippen molar-refractivity contribution in [1.82, 2.24) is 9.99 Å². The van der Waals surface area contributed by atoms with E-state index in [1.165, 1.54) is 0 Å². The molecule has 88 valence electrons. The highest BCUT2D eigenvalue weighted by atomic mass is 35.5. The van der Waals surface area contributed by atoms with Crippen molar-refractivity contribution >= 4 is 23.2 Å². The summed E-state index contributed by atoms with van der Waals surface area (Å²) >= 11 is 5.81. The largest absolute Gasteiger partial charge is 0.345 e. The molecule has 0 aliphatic heterocycles. The molecule has 5 heteroatoms. The third-order valence-electron chi connectivity index (χ3n) is 2.30. The van der Waals surface area contributed by atoms with E-state index in [9.17, 15) is 4.79 Å². The van der Waals surface area contributed by atoms with Crippen molar-refractivity contribution in [1.29, 1.82) is 0 Å². The topological polar surface area (TPSA) is 46.1 Å². The lowest BCUT2D eigenvalue weighted by Crippen LogP contribution is -2.30. The lowest BCUT2D eigenvalue weighted by molar-refractivity contribution is 0.0954. The number of aryl methyl sites for hydroxylation is 1. The van der Waals surface area contributed by atoms with Crippen molar-refractivity contribution in [2.45, 2.75) is 0 Å². The van der Waals surface area contributed by atoms with Crippen LogP contribution >= 0.6 is 11.6 Å². The van der Waals surface area contributed by atoms with E-state index in [4.69, 9.17) is 11.6 Å². The van der Waals surface area contributed by atoms with Gasteiger partial charge >= 0.3 is 0 Å². The van der Waals surface area contributed by atoms with Gasteiger partial charge in [-0.25, -0.2) is 0 Å². The number of anilines is 1. The summed E-state index contributed by atoms with van der Waals surface area (Å²) in [4.78, 5) is 11.8. The van der Waals surface area contributed by atoms with E-state index in [-0.39, 0.29) is 5.91 Å². The van der Waals surface area contributed by atoms with Crippen LogP contribution in [-0.2, 0) is 7.05 Å². The van der Waals surface area contributed by atoms with Gasteiger partial charge < -0.3 is 4.57 Å². The van der Waals surface area contributed by atoms with Gasteiger partial charge in [-0.05, 0) is 18.2 Å². The predicted octanol–water partition coefficient (Wildman–Crippen LogP) is 2.44. The van der Waals surface area contributed by atoms with Crippen molar-refractivity contribution in [2.75, 3.05) is 5.43 Å². The van der Waals surface area contributed by atoms with Crippen molar-refractivity contribution in [3.05, 3.63) is 53.3 Å². The Morgan fingerprint density at radius 1 is 1.29 bits per heavy atom. The van der Waals surface area contributed by atoms with Gasteiger partial charge in [0.25, 0.3) is 5.91 Å². The Hall–Kier alpha value is -1.94. The minimum Gasteiger partial charge on any atom is -0.345 e. The van der Waals surface area contributed by atoms with E-state index in [0.717, 1.165) is 5.69 Å². The number of amides is 1. The number of halogens is 1. The molecule has 2 rings (SSSR count). The highest BCUT2D eigenvalue weighted by Gasteiger charge is 2.10. The normalized spacial score (nSPS) is 10.0. The highest BCUT2D eigenvalue weighted by molar-refractivity contribution is 6.31. The molecule has 1 amide bonds. The van der Waals surface area contributed by atoms with Crippen molar-refractivity contribution in [2.24, 2.45) is 7.05 Å². The number of carbonyl (C=O) groups is 1. The van der Waals surface area contributed by atoms with Crippen LogP contribution in [0.25, 0.3) is 0 Å². The van der Waals surface area contributed by atoms with Crippen LogP contribution in [-0.4, -0.2) is 10.5 Å². The maximum atomic E-state index is 11.8. The highest BCUT2D eigenvalue weighted by Crippen LogP contribution is 2.12. The van der Waals surface area contributed by atoms with E-state index >= 15 is 0 Å². The smallest absolute Gasteiger partial charge is 0.286 e. The summed E-state index contributed by atoms with van der Waals surface area (Å²) in [5.74, 6) is -0.233. The monoisotopic (exact) mass is 249 g/mol. The zero-order valence-corrected chi connectivity index (χ0v) is 10.0. The summed E-state index contributed by atoms with van der Waals surface area (Å²) in [6.45, 7) is 0. The molecule has 0 radical (unpaired) electrons. The van der Waals surface area contributed by atoms with Gasteiger partial charge in [-0.2, -0.15) is 0 Å². The fraction of sp³-hybridized carbons (Fsp3) is 0.0833. The third-order valence-corrected chi connectivity index (χ3v) is 2.51. The number of carbonyl (C=O) groups excluding carboxylic acids is 1. The summed E-state index contributed by atoms with van der Waals surface area (Å²) in [6, 6.07) is 11.0. The maximum Gasteiger partial charge on any atom is 0.286 e. The van der Waals surface area contributed by atoms with Gasteiger partial charge in [0.1, 0.15) is 5.69 Å². The second kappa shape index (κ2) is 4.93. The van der Waals surface area contributed by atoms with E-state index in [0.29, 0.717) is 10.7 Å². The first-order valence-corrected chi connectivity index (χ1v) is 5.48. The number of benzene rings is 1. The molecule has 1 aromatic carbocycles. The van der Waals surface area contributed by atoms with Crippen LogP contribution in [0.4, 0.5) is 5.69 Å². The lowest BCUT2D eigenvalue weighted by Gasteiger charge is -2.08. The molecule has 0 saturated heterocycles. The standard InChI is InChI=1S/C12H12ClN3O/c1-16-8-9(13)7-11(16)12(17)15-14-10-5-3-2-4-6-10/h2-8,14H,1H3,(H,15,17). The molecule has 0 atom stereocenters. The van der Waals surface area contributed by atoms with Gasteiger partial charge in [0, 0.05) is 13.2 Å². The first-order valence-electron chi connectivity index (χ1n) is 5.10. The first kappa shape index (κ1) is 11.5. The molecule has 0 saturated carbocycles. The number of rotatable bonds is 3. The predicted molar refractivity (Wildman–Crippen MR) is 68.0 cm³/mol. The average Bonchev–Trinajstić information content (AvgIpc) is 2.67. The van der Waals surface area contributed by atoms with E-state index in [1.807, 2.05) is 30.3 Å². The Balaban J connectivity index is 2.01. The molecule has 2 aromatic rings. The zero-order valence-electron chi connectivity index (χ0n) is 9.27. The molecule has 0 bridgehead atoms. The average molecular weight is 250 g/mol. The van der Waals surface area contributed by atoms with Gasteiger partial charge in [-0.15, -0.1) is 0 Å². The number of para-hydroxylation sites is 1. The van der Waals surface area contributed by atoms with Gasteiger partial charge in [-0.1, -0.05) is 29.8 Å². The van der Waals surface area contributed by atoms with E-state index < -0.39 is 0 Å².